The Bertz CT molecular complexity index is 878. The molecule has 1 saturated heterocycles. The van der Waals surface area contributed by atoms with Gasteiger partial charge in [0.25, 0.3) is 5.91 Å². The summed E-state index contributed by atoms with van der Waals surface area (Å²) in [4.78, 5) is 14.9. The number of benzene rings is 2. The van der Waals surface area contributed by atoms with Gasteiger partial charge in [0.2, 0.25) is 0 Å². The van der Waals surface area contributed by atoms with Crippen LogP contribution in [-0.4, -0.2) is 17.3 Å². The van der Waals surface area contributed by atoms with Crippen LogP contribution in [0.2, 0.25) is 0 Å². The Balaban J connectivity index is 1.90. The normalized spacial score (nSPS) is 16.6. The van der Waals surface area contributed by atoms with Gasteiger partial charge in [-0.3, -0.25) is 9.69 Å². The first kappa shape index (κ1) is 17.9. The molecule has 1 heterocycles. The predicted octanol–water partition coefficient (Wildman–Crippen LogP) is 5.38. The summed E-state index contributed by atoms with van der Waals surface area (Å²) >= 11 is 10.2. The number of para-hydroxylation sites is 2. The number of nitrogens with zero attached hydrogens (tertiary/aromatic N) is 1. The van der Waals surface area contributed by atoms with Gasteiger partial charge in [0.15, 0.2) is 4.32 Å². The van der Waals surface area contributed by atoms with Crippen molar-refractivity contribution in [2.45, 2.75) is 0 Å². The fourth-order valence-corrected chi connectivity index (χ4v) is 4.29. The number of hydrogen-bond donors (Lipinski definition) is 0. The summed E-state index contributed by atoms with van der Waals surface area (Å²) in [7, 11) is 1.57. The smallest absolute Gasteiger partial charge is 0.270 e. The maximum Gasteiger partial charge on any atom is 0.270 e. The third-order valence-electron chi connectivity index (χ3n) is 3.49. The molecule has 0 unspecified atom stereocenters. The molecular weight excluding hydrogens is 418 g/mol. The molecule has 1 aliphatic rings. The molecule has 0 saturated carbocycles. The highest BCUT2D eigenvalue weighted by Gasteiger charge is 2.34. The molecule has 0 radical (unpaired) electrons. The number of anilines is 1. The molecule has 3 nitrogen and oxygen atoms in total. The second-order valence-corrected chi connectivity index (χ2v) is 7.72. The summed E-state index contributed by atoms with van der Waals surface area (Å²) in [5.41, 5.74) is 1.70. The van der Waals surface area contributed by atoms with E-state index >= 15 is 0 Å². The summed E-state index contributed by atoms with van der Waals surface area (Å²) in [6.45, 7) is 0. The average molecular weight is 432 g/mol. The Morgan fingerprint density at radius 3 is 2.56 bits per heavy atom. The highest BCUT2D eigenvalue weighted by Crippen LogP contribution is 2.39. The number of hydrogen-bond acceptors (Lipinski definition) is 4. The van der Waals surface area contributed by atoms with Gasteiger partial charge >= 0.3 is 0 Å². The molecule has 1 fully saturated rings. The molecule has 126 valence electrons. The summed E-state index contributed by atoms with van der Waals surface area (Å²) in [6, 6.07) is 17.2. The van der Waals surface area contributed by atoms with Crippen LogP contribution in [0, 0.1) is 0 Å². The van der Waals surface area contributed by atoms with Crippen molar-refractivity contribution < 1.29 is 9.53 Å². The third-order valence-corrected chi connectivity index (χ3v) is 5.25. The number of ether oxygens (including phenoxy) is 1. The third kappa shape index (κ3) is 4.03. The van der Waals surface area contributed by atoms with Crippen molar-refractivity contribution in [1.29, 1.82) is 0 Å². The minimum Gasteiger partial charge on any atom is -0.495 e. The number of methoxy groups -OCH3 is 1. The van der Waals surface area contributed by atoms with E-state index in [9.17, 15) is 4.79 Å². The number of allylic oxidation sites excluding steroid dienone is 2. The molecule has 0 spiro atoms. The van der Waals surface area contributed by atoms with E-state index in [1.807, 2.05) is 60.7 Å². The molecule has 1 amide bonds. The molecule has 0 atom stereocenters. The van der Waals surface area contributed by atoms with Crippen LogP contribution in [0.5, 0.6) is 5.75 Å². The Labute approximate surface area is 164 Å². The van der Waals surface area contributed by atoms with Gasteiger partial charge in [-0.05, 0) is 29.8 Å². The Hall–Kier alpha value is -1.89. The van der Waals surface area contributed by atoms with Crippen LogP contribution in [-0.2, 0) is 4.79 Å². The molecule has 25 heavy (non-hydrogen) atoms. The summed E-state index contributed by atoms with van der Waals surface area (Å²) in [5.74, 6) is 0.455. The first-order valence-corrected chi connectivity index (χ1v) is 9.45. The van der Waals surface area contributed by atoms with Crippen molar-refractivity contribution in [3.8, 4) is 5.75 Å². The average Bonchev–Trinajstić information content (AvgIpc) is 2.89. The highest BCUT2D eigenvalue weighted by molar-refractivity contribution is 9.12. The molecule has 0 aliphatic carbocycles. The maximum absolute atomic E-state index is 12.8. The fourth-order valence-electron chi connectivity index (χ4n) is 2.37. The van der Waals surface area contributed by atoms with E-state index in [2.05, 4.69) is 15.9 Å². The molecule has 2 aromatic rings. The van der Waals surface area contributed by atoms with E-state index in [1.165, 1.54) is 16.7 Å². The van der Waals surface area contributed by atoms with Gasteiger partial charge in [-0.1, -0.05) is 82.4 Å². The number of carbonyl (C=O) groups excluding carboxylic acids is 1. The minimum atomic E-state index is -0.155. The minimum absolute atomic E-state index is 0.155. The number of amides is 1. The second kappa shape index (κ2) is 7.99. The zero-order valence-electron chi connectivity index (χ0n) is 13.3. The lowest BCUT2D eigenvalue weighted by atomic mass is 10.2. The number of thiocarbonyl (C=S) groups is 1. The molecular formula is C19H14BrNO2S2. The number of carbonyl (C=O) groups is 1. The van der Waals surface area contributed by atoms with E-state index < -0.39 is 0 Å². The van der Waals surface area contributed by atoms with Crippen LogP contribution in [0.1, 0.15) is 5.56 Å². The van der Waals surface area contributed by atoms with E-state index in [0.717, 1.165) is 10.0 Å². The SMILES string of the molecule is COc1ccccc1N1C(=O)/C(=C/C(Br)=C/c2ccccc2)SC1=S. The topological polar surface area (TPSA) is 29.5 Å². The number of halogens is 1. The zero-order valence-corrected chi connectivity index (χ0v) is 16.5. The lowest BCUT2D eigenvalue weighted by Crippen LogP contribution is -2.27. The quantitative estimate of drug-likeness (QED) is 0.479. The molecule has 2 aromatic carbocycles. The van der Waals surface area contributed by atoms with Crippen molar-refractivity contribution in [1.82, 2.24) is 0 Å². The number of rotatable bonds is 4. The van der Waals surface area contributed by atoms with Crippen LogP contribution >= 0.6 is 39.9 Å². The van der Waals surface area contributed by atoms with Crippen LogP contribution < -0.4 is 9.64 Å². The molecule has 1 aliphatic heterocycles. The number of thioether (sulfide) groups is 1. The van der Waals surface area contributed by atoms with E-state index in [-0.39, 0.29) is 5.91 Å². The standard InChI is InChI=1S/C19H14BrNO2S2/c1-23-16-10-6-5-9-15(16)21-18(22)17(25-19(21)24)12-14(20)11-13-7-3-2-4-8-13/h2-12H,1H3/b14-11-,17-12-. The van der Waals surface area contributed by atoms with Gasteiger partial charge in [0.05, 0.1) is 17.7 Å². The molecule has 6 heteroatoms. The molecule has 0 N–H and O–H groups in total. The zero-order chi connectivity index (χ0) is 17.8. The van der Waals surface area contributed by atoms with Crippen LogP contribution in [0.15, 0.2) is 70.1 Å². The van der Waals surface area contributed by atoms with Gasteiger partial charge in [-0.25, -0.2) is 0 Å². The largest absolute Gasteiger partial charge is 0.495 e. The summed E-state index contributed by atoms with van der Waals surface area (Å²) < 4.78 is 6.64. The predicted molar refractivity (Wildman–Crippen MR) is 112 cm³/mol. The van der Waals surface area contributed by atoms with Crippen molar-refractivity contribution in [2.24, 2.45) is 0 Å². The van der Waals surface area contributed by atoms with Crippen molar-refractivity contribution >= 4 is 61.9 Å². The molecule has 0 bridgehead atoms. The summed E-state index contributed by atoms with van der Waals surface area (Å²) in [6.07, 6.45) is 3.75. The van der Waals surface area contributed by atoms with E-state index in [4.69, 9.17) is 17.0 Å². The first-order valence-electron chi connectivity index (χ1n) is 7.43. The van der Waals surface area contributed by atoms with Crippen LogP contribution in [0.4, 0.5) is 5.69 Å². The molecule has 0 aromatic heterocycles. The van der Waals surface area contributed by atoms with Gasteiger partial charge in [0, 0.05) is 4.48 Å². The Morgan fingerprint density at radius 2 is 1.84 bits per heavy atom. The van der Waals surface area contributed by atoms with Crippen LogP contribution in [0.3, 0.4) is 0 Å². The second-order valence-electron chi connectivity index (χ2n) is 5.13. The van der Waals surface area contributed by atoms with Gasteiger partial charge in [-0.15, -0.1) is 0 Å². The lowest BCUT2D eigenvalue weighted by molar-refractivity contribution is -0.113. The molecule has 3 rings (SSSR count). The van der Waals surface area contributed by atoms with Crippen molar-refractivity contribution in [2.75, 3.05) is 12.0 Å². The van der Waals surface area contributed by atoms with Gasteiger partial charge < -0.3 is 4.74 Å². The lowest BCUT2D eigenvalue weighted by Gasteiger charge is -2.17. The Morgan fingerprint density at radius 1 is 1.16 bits per heavy atom. The van der Waals surface area contributed by atoms with E-state index in [1.54, 1.807) is 13.2 Å². The first-order chi connectivity index (χ1) is 12.1. The summed E-state index contributed by atoms with van der Waals surface area (Å²) in [5, 5.41) is 0. The highest BCUT2D eigenvalue weighted by atomic mass is 79.9. The maximum atomic E-state index is 12.8. The van der Waals surface area contributed by atoms with Gasteiger partial charge in [-0.2, -0.15) is 0 Å². The van der Waals surface area contributed by atoms with Gasteiger partial charge in [0.1, 0.15) is 5.75 Å². The van der Waals surface area contributed by atoms with Crippen molar-refractivity contribution in [3.63, 3.8) is 0 Å². The van der Waals surface area contributed by atoms with E-state index in [0.29, 0.717) is 20.7 Å². The van der Waals surface area contributed by atoms with Crippen LogP contribution in [0.25, 0.3) is 6.08 Å². The monoisotopic (exact) mass is 431 g/mol. The fraction of sp³-hybridized carbons (Fsp3) is 0.0526. The Kier molecular flexibility index (Phi) is 5.73. The van der Waals surface area contributed by atoms with Crippen molar-refractivity contribution in [3.05, 3.63) is 75.6 Å².